The number of hydrogen-bond donors (Lipinski definition) is 2. The summed E-state index contributed by atoms with van der Waals surface area (Å²) in [5.74, 6) is -1.85. The maximum atomic E-state index is 13.6. The fourth-order valence-corrected chi connectivity index (χ4v) is 2.32. The number of carbonyl (C=O) groups excluding carboxylic acids is 3. The number of esters is 1. The van der Waals surface area contributed by atoms with Crippen molar-refractivity contribution in [1.29, 1.82) is 0 Å². The molecular weight excluding hydrogens is 383 g/mol. The molecule has 2 aromatic rings. The van der Waals surface area contributed by atoms with Crippen molar-refractivity contribution in [1.82, 2.24) is 5.32 Å². The smallest absolute Gasteiger partial charge is 0.326 e. The summed E-state index contributed by atoms with van der Waals surface area (Å²) in [6.07, 6.45) is -1.18. The van der Waals surface area contributed by atoms with Gasteiger partial charge in [-0.3, -0.25) is 14.4 Å². The lowest BCUT2D eigenvalue weighted by molar-refractivity contribution is -0.152. The average molecular weight is 404 g/mol. The molecule has 0 heterocycles. The van der Waals surface area contributed by atoms with E-state index in [-0.39, 0.29) is 11.3 Å². The summed E-state index contributed by atoms with van der Waals surface area (Å²) in [5.41, 5.74) is 0.225. The van der Waals surface area contributed by atoms with Gasteiger partial charge in [0.05, 0.1) is 19.9 Å². The number of para-hydroxylation sites is 1. The highest BCUT2D eigenvalue weighted by molar-refractivity contribution is 5.97. The van der Waals surface area contributed by atoms with Crippen LogP contribution in [-0.2, 0) is 14.3 Å². The van der Waals surface area contributed by atoms with Gasteiger partial charge in [-0.2, -0.15) is 0 Å². The summed E-state index contributed by atoms with van der Waals surface area (Å²) in [6, 6.07) is 10.1. The van der Waals surface area contributed by atoms with Gasteiger partial charge >= 0.3 is 5.97 Å². The predicted octanol–water partition coefficient (Wildman–Crippen LogP) is 2.14. The van der Waals surface area contributed by atoms with E-state index in [4.69, 9.17) is 14.2 Å². The normalized spacial score (nSPS) is 11.2. The van der Waals surface area contributed by atoms with Crippen LogP contribution in [0.25, 0.3) is 0 Å². The Morgan fingerprint density at radius 3 is 2.38 bits per heavy atom. The molecule has 0 spiro atoms. The van der Waals surface area contributed by atoms with Crippen molar-refractivity contribution in [3.05, 3.63) is 53.8 Å². The number of ether oxygens (including phenoxy) is 3. The van der Waals surface area contributed by atoms with Gasteiger partial charge in [0.2, 0.25) is 0 Å². The minimum absolute atomic E-state index is 0.0258. The number of anilines is 1. The van der Waals surface area contributed by atoms with Crippen molar-refractivity contribution in [3.8, 4) is 11.5 Å². The molecule has 2 aromatic carbocycles. The zero-order valence-electron chi connectivity index (χ0n) is 16.2. The maximum absolute atomic E-state index is 13.6. The van der Waals surface area contributed by atoms with Crippen LogP contribution in [0.3, 0.4) is 0 Å². The molecule has 1 atom stereocenters. The zero-order chi connectivity index (χ0) is 21.4. The van der Waals surface area contributed by atoms with E-state index in [1.54, 1.807) is 12.1 Å². The molecule has 9 heteroatoms. The minimum Gasteiger partial charge on any atom is -0.493 e. The Kier molecular flexibility index (Phi) is 7.53. The summed E-state index contributed by atoms with van der Waals surface area (Å²) in [6.45, 7) is 0.884. The van der Waals surface area contributed by atoms with E-state index in [1.165, 1.54) is 51.5 Å². The second-order valence-corrected chi connectivity index (χ2v) is 5.85. The third kappa shape index (κ3) is 5.93. The summed E-state index contributed by atoms with van der Waals surface area (Å²) >= 11 is 0. The van der Waals surface area contributed by atoms with Gasteiger partial charge in [-0.1, -0.05) is 12.1 Å². The van der Waals surface area contributed by atoms with Gasteiger partial charge < -0.3 is 24.8 Å². The van der Waals surface area contributed by atoms with Crippen LogP contribution in [0.15, 0.2) is 42.5 Å². The van der Waals surface area contributed by atoms with Gasteiger partial charge in [0.15, 0.2) is 17.6 Å². The number of carbonyl (C=O) groups is 3. The van der Waals surface area contributed by atoms with Crippen LogP contribution in [-0.4, -0.2) is 44.7 Å². The first kappa shape index (κ1) is 21.7. The van der Waals surface area contributed by atoms with Gasteiger partial charge in [0, 0.05) is 5.56 Å². The van der Waals surface area contributed by atoms with Crippen LogP contribution >= 0.6 is 0 Å². The highest BCUT2D eigenvalue weighted by atomic mass is 19.1. The summed E-state index contributed by atoms with van der Waals surface area (Å²) in [7, 11) is 2.90. The van der Waals surface area contributed by atoms with Crippen LogP contribution in [0, 0.1) is 5.82 Å². The molecule has 2 N–H and O–H groups in total. The standard InChI is InChI=1S/C20H21FN2O6/c1-12(19(25)23-15-7-5-4-6-14(15)21)29-18(24)11-22-20(26)13-8-9-16(27-2)17(10-13)28-3/h4-10,12H,11H2,1-3H3,(H,22,26)(H,23,25). The Bertz CT molecular complexity index is 902. The Hall–Kier alpha value is -3.62. The number of nitrogens with one attached hydrogen (secondary N) is 2. The fourth-order valence-electron chi connectivity index (χ4n) is 2.32. The monoisotopic (exact) mass is 404 g/mol. The Labute approximate surface area is 166 Å². The molecule has 0 aliphatic carbocycles. The van der Waals surface area contributed by atoms with E-state index in [0.29, 0.717) is 11.5 Å². The quantitative estimate of drug-likeness (QED) is 0.654. The summed E-state index contributed by atoms with van der Waals surface area (Å²) in [4.78, 5) is 36.1. The second kappa shape index (κ2) is 10.1. The summed E-state index contributed by atoms with van der Waals surface area (Å²) < 4.78 is 28.7. The molecule has 0 radical (unpaired) electrons. The predicted molar refractivity (Wildman–Crippen MR) is 102 cm³/mol. The number of methoxy groups -OCH3 is 2. The third-order valence-electron chi connectivity index (χ3n) is 3.85. The van der Waals surface area contributed by atoms with Crippen LogP contribution in [0.4, 0.5) is 10.1 Å². The molecule has 0 saturated carbocycles. The van der Waals surface area contributed by atoms with Gasteiger partial charge in [0.25, 0.3) is 11.8 Å². The van der Waals surface area contributed by atoms with Gasteiger partial charge in [-0.15, -0.1) is 0 Å². The largest absolute Gasteiger partial charge is 0.493 e. The first-order chi connectivity index (χ1) is 13.8. The van der Waals surface area contributed by atoms with Crippen LogP contribution in [0.5, 0.6) is 11.5 Å². The molecule has 29 heavy (non-hydrogen) atoms. The van der Waals surface area contributed by atoms with Crippen molar-refractivity contribution in [2.45, 2.75) is 13.0 Å². The molecule has 0 fully saturated rings. The maximum Gasteiger partial charge on any atom is 0.326 e. The summed E-state index contributed by atoms with van der Waals surface area (Å²) in [5, 5.41) is 4.71. The van der Waals surface area contributed by atoms with E-state index in [1.807, 2.05) is 0 Å². The lowest BCUT2D eigenvalue weighted by atomic mass is 10.2. The zero-order valence-corrected chi connectivity index (χ0v) is 16.2. The van der Waals surface area contributed by atoms with E-state index in [2.05, 4.69) is 10.6 Å². The highest BCUT2D eigenvalue weighted by Crippen LogP contribution is 2.27. The number of halogens is 1. The van der Waals surface area contributed by atoms with Gasteiger partial charge in [-0.25, -0.2) is 4.39 Å². The molecule has 0 bridgehead atoms. The van der Waals surface area contributed by atoms with Crippen molar-refractivity contribution < 1.29 is 33.0 Å². The molecule has 0 aromatic heterocycles. The minimum atomic E-state index is -1.18. The first-order valence-corrected chi connectivity index (χ1v) is 8.60. The van der Waals surface area contributed by atoms with E-state index in [0.717, 1.165) is 0 Å². The molecular formula is C20H21FN2O6. The molecule has 0 aliphatic heterocycles. The van der Waals surface area contributed by atoms with Crippen molar-refractivity contribution in [2.75, 3.05) is 26.1 Å². The number of hydrogen-bond acceptors (Lipinski definition) is 6. The van der Waals surface area contributed by atoms with E-state index < -0.39 is 36.2 Å². The topological polar surface area (TPSA) is 103 Å². The van der Waals surface area contributed by atoms with Crippen molar-refractivity contribution >= 4 is 23.5 Å². The molecule has 8 nitrogen and oxygen atoms in total. The highest BCUT2D eigenvalue weighted by Gasteiger charge is 2.20. The Balaban J connectivity index is 1.86. The van der Waals surface area contributed by atoms with Crippen molar-refractivity contribution in [3.63, 3.8) is 0 Å². The Morgan fingerprint density at radius 1 is 1.03 bits per heavy atom. The molecule has 1 unspecified atom stereocenters. The van der Waals surface area contributed by atoms with Crippen molar-refractivity contribution in [2.24, 2.45) is 0 Å². The number of amides is 2. The molecule has 0 aliphatic rings. The van der Waals surface area contributed by atoms with E-state index >= 15 is 0 Å². The third-order valence-corrected chi connectivity index (χ3v) is 3.85. The lowest BCUT2D eigenvalue weighted by Gasteiger charge is -2.14. The lowest BCUT2D eigenvalue weighted by Crippen LogP contribution is -2.36. The molecule has 154 valence electrons. The van der Waals surface area contributed by atoms with Crippen LogP contribution in [0.1, 0.15) is 17.3 Å². The van der Waals surface area contributed by atoms with Crippen LogP contribution < -0.4 is 20.1 Å². The molecule has 2 rings (SSSR count). The first-order valence-electron chi connectivity index (χ1n) is 8.60. The second-order valence-electron chi connectivity index (χ2n) is 5.85. The molecule has 0 saturated heterocycles. The fraction of sp³-hybridized carbons (Fsp3) is 0.250. The average Bonchev–Trinajstić information content (AvgIpc) is 2.72. The molecule has 2 amide bonds. The number of benzene rings is 2. The van der Waals surface area contributed by atoms with E-state index in [9.17, 15) is 18.8 Å². The SMILES string of the molecule is COc1ccc(C(=O)NCC(=O)OC(C)C(=O)Nc2ccccc2F)cc1OC. The Morgan fingerprint density at radius 2 is 1.72 bits per heavy atom. The van der Waals surface area contributed by atoms with Gasteiger partial charge in [-0.05, 0) is 37.3 Å². The number of rotatable bonds is 8. The van der Waals surface area contributed by atoms with Crippen LogP contribution in [0.2, 0.25) is 0 Å². The van der Waals surface area contributed by atoms with Gasteiger partial charge in [0.1, 0.15) is 12.4 Å².